The van der Waals surface area contributed by atoms with E-state index in [0.717, 1.165) is 16.3 Å². The smallest absolute Gasteiger partial charge is 0.230 e. The summed E-state index contributed by atoms with van der Waals surface area (Å²) in [5.41, 5.74) is 1.59. The Hall–Kier alpha value is -1.58. The number of hydrogen-bond donors (Lipinski definition) is 1. The average Bonchev–Trinajstić information content (AvgIpc) is 3.10. The van der Waals surface area contributed by atoms with Gasteiger partial charge in [0, 0.05) is 6.54 Å². The van der Waals surface area contributed by atoms with Crippen molar-refractivity contribution in [2.24, 2.45) is 0 Å². The van der Waals surface area contributed by atoms with Crippen molar-refractivity contribution in [3.05, 3.63) is 29.3 Å². The van der Waals surface area contributed by atoms with Gasteiger partial charge in [-0.1, -0.05) is 53.4 Å². The van der Waals surface area contributed by atoms with E-state index in [1.807, 2.05) is 26.0 Å². The van der Waals surface area contributed by atoms with E-state index in [-0.39, 0.29) is 17.4 Å². The molecule has 0 fully saturated rings. The molecular formula is C17H21N3O3S3. The van der Waals surface area contributed by atoms with Crippen LogP contribution < -0.4 is 10.1 Å². The number of methoxy groups -OCH3 is 1. The van der Waals surface area contributed by atoms with Gasteiger partial charge in [0.25, 0.3) is 0 Å². The lowest BCUT2D eigenvalue weighted by atomic mass is 10.1. The molecule has 9 heteroatoms. The molecule has 1 heterocycles. The number of hydrogen-bond acceptors (Lipinski definition) is 8. The highest BCUT2D eigenvalue weighted by Crippen LogP contribution is 2.30. The van der Waals surface area contributed by atoms with Gasteiger partial charge in [0.15, 0.2) is 14.5 Å². The Balaban J connectivity index is 1.87. The maximum atomic E-state index is 12.5. The van der Waals surface area contributed by atoms with Crippen LogP contribution in [0.25, 0.3) is 0 Å². The molecule has 140 valence electrons. The monoisotopic (exact) mass is 411 g/mol. The first-order valence-electron chi connectivity index (χ1n) is 8.07. The van der Waals surface area contributed by atoms with E-state index in [0.29, 0.717) is 28.0 Å². The summed E-state index contributed by atoms with van der Waals surface area (Å²) in [7, 11) is 1.56. The van der Waals surface area contributed by atoms with Crippen LogP contribution in [0.3, 0.4) is 0 Å². The van der Waals surface area contributed by atoms with E-state index >= 15 is 0 Å². The van der Waals surface area contributed by atoms with Gasteiger partial charge in [0.1, 0.15) is 5.75 Å². The van der Waals surface area contributed by atoms with Crippen LogP contribution in [0.5, 0.6) is 5.75 Å². The van der Waals surface area contributed by atoms with E-state index in [2.05, 4.69) is 15.5 Å². The summed E-state index contributed by atoms with van der Waals surface area (Å²) < 4.78 is 6.69. The summed E-state index contributed by atoms with van der Waals surface area (Å²) in [5, 5.41) is 11.0. The van der Waals surface area contributed by atoms with E-state index in [1.165, 1.54) is 34.9 Å². The van der Waals surface area contributed by atoms with Crippen molar-refractivity contribution in [2.45, 2.75) is 28.9 Å². The van der Waals surface area contributed by atoms with Crippen LogP contribution >= 0.6 is 34.9 Å². The molecule has 0 saturated carbocycles. The summed E-state index contributed by atoms with van der Waals surface area (Å²) in [4.78, 5) is 24.1. The second-order valence-corrected chi connectivity index (χ2v) is 8.81. The van der Waals surface area contributed by atoms with E-state index in [4.69, 9.17) is 4.74 Å². The molecule has 0 spiro atoms. The Morgan fingerprint density at radius 2 is 1.88 bits per heavy atom. The molecule has 1 aromatic heterocycles. The number of ketones is 1. The standard InChI is InChI=1S/C17H21N3O3S3/c1-4-7-18-15(22)10-25-17-20-19-16(26-17)24-9-13(21)12-8-11(2)5-6-14(12)23-3/h5-6,8H,4,7,9-10H2,1-3H3,(H,18,22). The minimum Gasteiger partial charge on any atom is -0.496 e. The third-order valence-corrected chi connectivity index (χ3v) is 6.46. The molecular weight excluding hydrogens is 390 g/mol. The molecule has 0 bridgehead atoms. The first-order valence-corrected chi connectivity index (χ1v) is 10.9. The molecule has 0 atom stereocenters. The quantitative estimate of drug-likeness (QED) is 0.474. The molecule has 0 unspecified atom stereocenters. The third-order valence-electron chi connectivity index (χ3n) is 3.27. The molecule has 0 aliphatic rings. The van der Waals surface area contributed by atoms with Gasteiger partial charge in [-0.3, -0.25) is 9.59 Å². The van der Waals surface area contributed by atoms with Crippen LogP contribution in [0.15, 0.2) is 26.9 Å². The number of ether oxygens (including phenoxy) is 1. The fraction of sp³-hybridized carbons (Fsp3) is 0.412. The highest BCUT2D eigenvalue weighted by Gasteiger charge is 2.15. The minimum atomic E-state index is -0.0149. The Kier molecular flexibility index (Phi) is 8.40. The van der Waals surface area contributed by atoms with Gasteiger partial charge in [0.05, 0.1) is 24.2 Å². The maximum absolute atomic E-state index is 12.5. The molecule has 0 aliphatic carbocycles. The van der Waals surface area contributed by atoms with Gasteiger partial charge in [-0.2, -0.15) is 0 Å². The van der Waals surface area contributed by atoms with Crippen molar-refractivity contribution in [1.82, 2.24) is 15.5 Å². The minimum absolute atomic E-state index is 0.0111. The van der Waals surface area contributed by atoms with Crippen LogP contribution in [0.2, 0.25) is 0 Å². The van der Waals surface area contributed by atoms with Gasteiger partial charge in [0.2, 0.25) is 5.91 Å². The second-order valence-electron chi connectivity index (χ2n) is 5.39. The van der Waals surface area contributed by atoms with Crippen LogP contribution in [-0.2, 0) is 4.79 Å². The first-order chi connectivity index (χ1) is 12.5. The number of nitrogens with zero attached hydrogens (tertiary/aromatic N) is 2. The Morgan fingerprint density at radius 1 is 1.19 bits per heavy atom. The summed E-state index contributed by atoms with van der Waals surface area (Å²) in [6.45, 7) is 4.63. The topological polar surface area (TPSA) is 81.2 Å². The first kappa shape index (κ1) is 20.7. The van der Waals surface area contributed by atoms with Crippen molar-refractivity contribution in [3.8, 4) is 5.75 Å². The number of aromatic nitrogens is 2. The third kappa shape index (κ3) is 6.30. The normalized spacial score (nSPS) is 10.6. The predicted molar refractivity (Wildman–Crippen MR) is 107 cm³/mol. The van der Waals surface area contributed by atoms with Crippen LogP contribution in [0.4, 0.5) is 0 Å². The van der Waals surface area contributed by atoms with E-state index in [9.17, 15) is 9.59 Å². The van der Waals surface area contributed by atoms with E-state index < -0.39 is 0 Å². The number of rotatable bonds is 10. The van der Waals surface area contributed by atoms with Crippen molar-refractivity contribution < 1.29 is 14.3 Å². The fourth-order valence-corrected chi connectivity index (χ4v) is 4.73. The summed E-state index contributed by atoms with van der Waals surface area (Å²) in [6, 6.07) is 5.54. The van der Waals surface area contributed by atoms with Crippen molar-refractivity contribution in [1.29, 1.82) is 0 Å². The zero-order valence-electron chi connectivity index (χ0n) is 14.9. The fourth-order valence-electron chi connectivity index (χ4n) is 2.00. The predicted octanol–water partition coefficient (Wildman–Crippen LogP) is 3.45. The average molecular weight is 412 g/mol. The lowest BCUT2D eigenvalue weighted by Crippen LogP contribution is -2.25. The number of benzene rings is 1. The van der Waals surface area contributed by atoms with Gasteiger partial charge in [-0.15, -0.1) is 10.2 Å². The Morgan fingerprint density at radius 3 is 2.54 bits per heavy atom. The number of aryl methyl sites for hydroxylation is 1. The highest BCUT2D eigenvalue weighted by atomic mass is 32.2. The largest absolute Gasteiger partial charge is 0.496 e. The van der Waals surface area contributed by atoms with Gasteiger partial charge in [-0.05, 0) is 25.5 Å². The number of Topliss-reactive ketones (excluding diaryl/α,β-unsaturated/α-hetero) is 1. The summed E-state index contributed by atoms with van der Waals surface area (Å²) in [6.07, 6.45) is 0.912. The Bertz CT molecular complexity index is 765. The molecule has 6 nitrogen and oxygen atoms in total. The number of carbonyl (C=O) groups excluding carboxylic acids is 2. The molecule has 2 aromatic rings. The second kappa shape index (κ2) is 10.5. The van der Waals surface area contributed by atoms with Crippen molar-refractivity contribution >= 4 is 46.6 Å². The molecule has 0 radical (unpaired) electrons. The van der Waals surface area contributed by atoms with Gasteiger partial charge in [-0.25, -0.2) is 0 Å². The number of amides is 1. The number of thioether (sulfide) groups is 2. The number of nitrogens with one attached hydrogen (secondary N) is 1. The maximum Gasteiger partial charge on any atom is 0.230 e. The lowest BCUT2D eigenvalue weighted by Gasteiger charge is -2.07. The van der Waals surface area contributed by atoms with Crippen LogP contribution in [-0.4, -0.2) is 47.0 Å². The molecule has 26 heavy (non-hydrogen) atoms. The highest BCUT2D eigenvalue weighted by molar-refractivity contribution is 8.03. The molecule has 0 aliphatic heterocycles. The molecule has 1 N–H and O–H groups in total. The van der Waals surface area contributed by atoms with Crippen molar-refractivity contribution in [2.75, 3.05) is 25.2 Å². The Labute approximate surface area is 165 Å². The summed E-state index contributed by atoms with van der Waals surface area (Å²) >= 11 is 4.09. The molecule has 1 aromatic carbocycles. The zero-order valence-corrected chi connectivity index (χ0v) is 17.4. The summed E-state index contributed by atoms with van der Waals surface area (Å²) in [5.74, 6) is 1.13. The van der Waals surface area contributed by atoms with Gasteiger partial charge < -0.3 is 10.1 Å². The zero-order chi connectivity index (χ0) is 18.9. The lowest BCUT2D eigenvalue weighted by molar-refractivity contribution is -0.118. The van der Waals surface area contributed by atoms with Gasteiger partial charge >= 0.3 is 0 Å². The molecule has 0 saturated heterocycles. The van der Waals surface area contributed by atoms with E-state index in [1.54, 1.807) is 13.2 Å². The van der Waals surface area contributed by atoms with Crippen LogP contribution in [0, 0.1) is 6.92 Å². The van der Waals surface area contributed by atoms with Crippen molar-refractivity contribution in [3.63, 3.8) is 0 Å². The number of carbonyl (C=O) groups is 2. The SMILES string of the molecule is CCCNC(=O)CSc1nnc(SCC(=O)c2cc(C)ccc2OC)s1. The van der Waals surface area contributed by atoms with Crippen LogP contribution in [0.1, 0.15) is 29.3 Å². The molecule has 2 rings (SSSR count). The molecule has 1 amide bonds.